The lowest BCUT2D eigenvalue weighted by Crippen LogP contribution is -2.02. The molecule has 0 bridgehead atoms. The van der Waals surface area contributed by atoms with Crippen molar-refractivity contribution in [2.24, 2.45) is 0 Å². The van der Waals surface area contributed by atoms with Gasteiger partial charge < -0.3 is 9.52 Å². The number of aryl methyl sites for hydroxylation is 1. The van der Waals surface area contributed by atoms with Gasteiger partial charge in [0, 0.05) is 0 Å². The molecule has 3 aromatic rings. The predicted octanol–water partition coefficient (Wildman–Crippen LogP) is 3.78. The predicted molar refractivity (Wildman–Crippen MR) is 71.1 cm³/mol. The van der Waals surface area contributed by atoms with Crippen molar-refractivity contribution >= 4 is 17.1 Å². The first kappa shape index (κ1) is 13.2. The number of benzene rings is 2. The Morgan fingerprint density at radius 2 is 1.90 bits per heavy atom. The van der Waals surface area contributed by atoms with E-state index < -0.39 is 23.2 Å². The van der Waals surface area contributed by atoms with Gasteiger partial charge in [-0.25, -0.2) is 18.6 Å². The summed E-state index contributed by atoms with van der Waals surface area (Å²) >= 11 is 0. The van der Waals surface area contributed by atoms with Gasteiger partial charge in [-0.3, -0.25) is 0 Å². The van der Waals surface area contributed by atoms with Gasteiger partial charge in [0.05, 0.1) is 11.1 Å². The molecule has 0 atom stereocenters. The molecule has 4 nitrogen and oxygen atoms in total. The first-order valence-corrected chi connectivity index (χ1v) is 6.05. The van der Waals surface area contributed by atoms with Crippen LogP contribution in [0.5, 0.6) is 0 Å². The van der Waals surface area contributed by atoms with Crippen LogP contribution < -0.4 is 0 Å². The van der Waals surface area contributed by atoms with Crippen LogP contribution in [-0.2, 0) is 0 Å². The van der Waals surface area contributed by atoms with Crippen molar-refractivity contribution in [3.05, 3.63) is 53.1 Å². The number of aromatic nitrogens is 1. The zero-order valence-electron chi connectivity index (χ0n) is 10.9. The number of nitrogens with zero attached hydrogens (tertiary/aromatic N) is 1. The van der Waals surface area contributed by atoms with E-state index >= 15 is 0 Å². The zero-order valence-corrected chi connectivity index (χ0v) is 10.9. The number of fused-ring (bicyclic) bond motifs is 1. The molecule has 2 aromatic carbocycles. The lowest BCUT2D eigenvalue weighted by Gasteiger charge is -2.03. The average Bonchev–Trinajstić information content (AvgIpc) is 2.83. The summed E-state index contributed by atoms with van der Waals surface area (Å²) in [6.07, 6.45) is 0. The summed E-state index contributed by atoms with van der Waals surface area (Å²) in [6, 6.07) is 6.64. The molecule has 0 unspecified atom stereocenters. The normalized spacial score (nSPS) is 11.0. The second-order valence-electron chi connectivity index (χ2n) is 4.61. The van der Waals surface area contributed by atoms with Crippen molar-refractivity contribution in [3.8, 4) is 11.5 Å². The van der Waals surface area contributed by atoms with Crippen LogP contribution in [0.15, 0.2) is 34.7 Å². The summed E-state index contributed by atoms with van der Waals surface area (Å²) in [4.78, 5) is 15.3. The number of aromatic carboxylic acids is 1. The molecule has 0 fully saturated rings. The number of carboxylic acids is 1. The van der Waals surface area contributed by atoms with E-state index in [4.69, 9.17) is 9.52 Å². The van der Waals surface area contributed by atoms with E-state index in [0.29, 0.717) is 17.2 Å². The number of carbonyl (C=O) groups is 1. The maximum atomic E-state index is 13.4. The van der Waals surface area contributed by atoms with E-state index in [0.717, 1.165) is 11.6 Å². The summed E-state index contributed by atoms with van der Waals surface area (Å²) in [6.45, 7) is 1.86. The van der Waals surface area contributed by atoms with Gasteiger partial charge >= 0.3 is 5.97 Å². The van der Waals surface area contributed by atoms with E-state index in [2.05, 4.69) is 4.98 Å². The molecule has 0 saturated heterocycles. The molecule has 0 radical (unpaired) electrons. The molecular weight excluding hydrogens is 280 g/mol. The van der Waals surface area contributed by atoms with Crippen LogP contribution in [0.3, 0.4) is 0 Å². The van der Waals surface area contributed by atoms with Crippen LogP contribution in [0.25, 0.3) is 22.6 Å². The maximum absolute atomic E-state index is 13.4. The smallest absolute Gasteiger partial charge is 0.336 e. The highest BCUT2D eigenvalue weighted by Gasteiger charge is 2.20. The SMILES string of the molecule is Cc1ccc2nc(-c3cc(F)c(F)cc3C(=O)O)oc2c1. The molecule has 0 spiro atoms. The topological polar surface area (TPSA) is 63.3 Å². The molecule has 1 aromatic heterocycles. The molecule has 3 rings (SSSR count). The first-order valence-electron chi connectivity index (χ1n) is 6.05. The van der Waals surface area contributed by atoms with Crippen LogP contribution in [0.2, 0.25) is 0 Å². The van der Waals surface area contributed by atoms with Gasteiger partial charge in [-0.2, -0.15) is 0 Å². The van der Waals surface area contributed by atoms with Crippen molar-refractivity contribution < 1.29 is 23.1 Å². The second-order valence-corrected chi connectivity index (χ2v) is 4.61. The summed E-state index contributed by atoms with van der Waals surface area (Å²) in [5, 5.41) is 9.10. The quantitative estimate of drug-likeness (QED) is 0.779. The number of halogens is 2. The molecule has 0 aliphatic carbocycles. The van der Waals surface area contributed by atoms with Gasteiger partial charge in [-0.15, -0.1) is 0 Å². The van der Waals surface area contributed by atoms with Crippen molar-refractivity contribution in [2.75, 3.05) is 0 Å². The number of rotatable bonds is 2. The number of hydrogen-bond acceptors (Lipinski definition) is 3. The Kier molecular flexibility index (Phi) is 2.94. The third-order valence-corrected chi connectivity index (χ3v) is 3.07. The van der Waals surface area contributed by atoms with Gasteiger partial charge in [-0.05, 0) is 36.8 Å². The average molecular weight is 289 g/mol. The van der Waals surface area contributed by atoms with Crippen LogP contribution in [0.1, 0.15) is 15.9 Å². The van der Waals surface area contributed by atoms with Gasteiger partial charge in [0.1, 0.15) is 5.52 Å². The summed E-state index contributed by atoms with van der Waals surface area (Å²) in [5.74, 6) is -3.84. The van der Waals surface area contributed by atoms with Crippen molar-refractivity contribution in [1.29, 1.82) is 0 Å². The third kappa shape index (κ3) is 2.24. The molecular formula is C15H9F2NO3. The van der Waals surface area contributed by atoms with Crippen molar-refractivity contribution in [3.63, 3.8) is 0 Å². The molecule has 106 valence electrons. The summed E-state index contributed by atoms with van der Waals surface area (Å²) in [7, 11) is 0. The second kappa shape index (κ2) is 4.66. The minimum absolute atomic E-state index is 0.0631. The van der Waals surface area contributed by atoms with E-state index in [1.165, 1.54) is 0 Å². The lowest BCUT2D eigenvalue weighted by molar-refractivity contribution is 0.0697. The molecule has 0 aliphatic heterocycles. The van der Waals surface area contributed by atoms with Crippen LogP contribution in [0.4, 0.5) is 8.78 Å². The maximum Gasteiger partial charge on any atom is 0.336 e. The number of hydrogen-bond donors (Lipinski definition) is 1. The molecule has 1 heterocycles. The minimum Gasteiger partial charge on any atom is -0.478 e. The zero-order chi connectivity index (χ0) is 15.1. The third-order valence-electron chi connectivity index (χ3n) is 3.07. The molecule has 0 amide bonds. The fourth-order valence-corrected chi connectivity index (χ4v) is 2.05. The standard InChI is InChI=1S/C15H9F2NO3/c1-7-2-3-12-13(4-7)21-14(18-12)8-5-10(16)11(17)6-9(8)15(19)20/h2-6H,1H3,(H,19,20). The molecule has 0 aliphatic rings. The Hall–Kier alpha value is -2.76. The van der Waals surface area contributed by atoms with E-state index in [1.54, 1.807) is 12.1 Å². The Morgan fingerprint density at radius 3 is 2.62 bits per heavy atom. The highest BCUT2D eigenvalue weighted by atomic mass is 19.2. The van der Waals surface area contributed by atoms with Gasteiger partial charge in [0.2, 0.25) is 5.89 Å². The molecule has 0 saturated carbocycles. The monoisotopic (exact) mass is 289 g/mol. The number of oxazole rings is 1. The van der Waals surface area contributed by atoms with E-state index in [1.807, 2.05) is 13.0 Å². The largest absolute Gasteiger partial charge is 0.478 e. The van der Waals surface area contributed by atoms with Crippen molar-refractivity contribution in [1.82, 2.24) is 4.98 Å². The van der Waals surface area contributed by atoms with Gasteiger partial charge in [0.25, 0.3) is 0 Å². The Morgan fingerprint density at radius 1 is 1.19 bits per heavy atom. The Bertz CT molecular complexity index is 871. The van der Waals surface area contributed by atoms with E-state index in [-0.39, 0.29) is 11.5 Å². The fraction of sp³-hybridized carbons (Fsp3) is 0.0667. The molecule has 6 heteroatoms. The number of carboxylic acid groups (broad SMARTS) is 1. The molecule has 1 N–H and O–H groups in total. The van der Waals surface area contributed by atoms with Gasteiger partial charge in [0.15, 0.2) is 17.2 Å². The van der Waals surface area contributed by atoms with Crippen LogP contribution in [0, 0.1) is 18.6 Å². The van der Waals surface area contributed by atoms with Gasteiger partial charge in [-0.1, -0.05) is 6.07 Å². The van der Waals surface area contributed by atoms with Crippen molar-refractivity contribution in [2.45, 2.75) is 6.92 Å². The Balaban J connectivity index is 2.26. The Labute approximate surface area is 117 Å². The summed E-state index contributed by atoms with van der Waals surface area (Å²) in [5.41, 5.74) is 1.39. The molecule has 21 heavy (non-hydrogen) atoms. The highest BCUT2D eigenvalue weighted by Crippen LogP contribution is 2.29. The van der Waals surface area contributed by atoms with Crippen LogP contribution >= 0.6 is 0 Å². The van der Waals surface area contributed by atoms with Crippen LogP contribution in [-0.4, -0.2) is 16.1 Å². The fourth-order valence-electron chi connectivity index (χ4n) is 2.05. The highest BCUT2D eigenvalue weighted by molar-refractivity contribution is 5.95. The first-order chi connectivity index (χ1) is 9.95. The van der Waals surface area contributed by atoms with E-state index in [9.17, 15) is 13.6 Å². The summed E-state index contributed by atoms with van der Waals surface area (Å²) < 4.78 is 32.1. The lowest BCUT2D eigenvalue weighted by atomic mass is 10.1. The minimum atomic E-state index is -1.39.